The summed E-state index contributed by atoms with van der Waals surface area (Å²) in [6.45, 7) is 0.189. The number of carbonyl (C=O) groups is 2. The van der Waals surface area contributed by atoms with Crippen LogP contribution in [0, 0.1) is 0 Å². The number of hydrogen-bond acceptors (Lipinski definition) is 5. The van der Waals surface area contributed by atoms with Crippen molar-refractivity contribution in [1.82, 2.24) is 5.32 Å². The summed E-state index contributed by atoms with van der Waals surface area (Å²) in [5.74, 6) is -1.22. The van der Waals surface area contributed by atoms with Crippen molar-refractivity contribution >= 4 is 11.8 Å². The molecule has 0 saturated carbocycles. The topological polar surface area (TPSA) is 128 Å². The Labute approximate surface area is 93.1 Å². The van der Waals surface area contributed by atoms with Crippen molar-refractivity contribution in [1.29, 1.82) is 0 Å². The molecule has 7 nitrogen and oxygen atoms in total. The van der Waals surface area contributed by atoms with E-state index in [9.17, 15) is 9.59 Å². The van der Waals surface area contributed by atoms with E-state index in [0.29, 0.717) is 13.0 Å². The number of carbonyl (C=O) groups excluding carboxylic acids is 2. The summed E-state index contributed by atoms with van der Waals surface area (Å²) in [7, 11) is 0. The molecule has 0 aromatic heterocycles. The fourth-order valence-electron chi connectivity index (χ4n) is 1.48. The van der Waals surface area contributed by atoms with Gasteiger partial charge in [-0.05, 0) is 12.8 Å². The smallest absolute Gasteiger partial charge is 0.249 e. The summed E-state index contributed by atoms with van der Waals surface area (Å²) < 4.78 is 5.33. The highest BCUT2D eigenvalue weighted by molar-refractivity contribution is 5.83. The average molecular weight is 231 g/mol. The van der Waals surface area contributed by atoms with Crippen LogP contribution in [-0.2, 0) is 14.3 Å². The van der Waals surface area contributed by atoms with Gasteiger partial charge >= 0.3 is 0 Å². The Morgan fingerprint density at radius 3 is 2.69 bits per heavy atom. The summed E-state index contributed by atoms with van der Waals surface area (Å²) in [5, 5.41) is 11.5. The van der Waals surface area contributed by atoms with E-state index in [1.807, 2.05) is 0 Å². The second kappa shape index (κ2) is 5.78. The van der Waals surface area contributed by atoms with Crippen LogP contribution in [0.3, 0.4) is 0 Å². The van der Waals surface area contributed by atoms with Gasteiger partial charge in [-0.3, -0.25) is 9.59 Å². The van der Waals surface area contributed by atoms with Crippen LogP contribution in [0.15, 0.2) is 0 Å². The maximum absolute atomic E-state index is 11.5. The van der Waals surface area contributed by atoms with Gasteiger partial charge in [0, 0.05) is 6.54 Å². The molecular weight excluding hydrogens is 214 g/mol. The monoisotopic (exact) mass is 231 g/mol. The van der Waals surface area contributed by atoms with Gasteiger partial charge in [-0.15, -0.1) is 0 Å². The van der Waals surface area contributed by atoms with Gasteiger partial charge in [0.1, 0.15) is 12.2 Å². The van der Waals surface area contributed by atoms with Gasteiger partial charge in [-0.25, -0.2) is 0 Å². The lowest BCUT2D eigenvalue weighted by Gasteiger charge is -2.13. The second-order valence-corrected chi connectivity index (χ2v) is 3.72. The predicted octanol–water partition coefficient (Wildman–Crippen LogP) is -2.54. The molecule has 3 unspecified atom stereocenters. The van der Waals surface area contributed by atoms with E-state index >= 15 is 0 Å². The molecule has 0 aromatic rings. The van der Waals surface area contributed by atoms with Crippen molar-refractivity contribution in [3.05, 3.63) is 0 Å². The first-order valence-corrected chi connectivity index (χ1v) is 5.15. The minimum absolute atomic E-state index is 0.0863. The number of aliphatic hydroxyl groups is 1. The number of nitrogens with one attached hydrogen (secondary N) is 1. The van der Waals surface area contributed by atoms with Crippen molar-refractivity contribution in [2.45, 2.75) is 31.2 Å². The fraction of sp³-hybridized carbons (Fsp3) is 0.778. The summed E-state index contributed by atoms with van der Waals surface area (Å²) >= 11 is 0. The number of primary amides is 1. The molecule has 16 heavy (non-hydrogen) atoms. The molecule has 6 N–H and O–H groups in total. The molecule has 92 valence electrons. The first kappa shape index (κ1) is 12.9. The lowest BCUT2D eigenvalue weighted by atomic mass is 10.2. The molecule has 1 aliphatic heterocycles. The van der Waals surface area contributed by atoms with E-state index < -0.39 is 18.1 Å². The van der Waals surface area contributed by atoms with E-state index in [1.165, 1.54) is 0 Å². The Kier molecular flexibility index (Phi) is 4.66. The van der Waals surface area contributed by atoms with Gasteiger partial charge in [0.25, 0.3) is 0 Å². The zero-order valence-electron chi connectivity index (χ0n) is 8.89. The highest BCUT2D eigenvalue weighted by atomic mass is 16.5. The Morgan fingerprint density at radius 1 is 1.50 bits per heavy atom. The molecule has 0 aromatic carbocycles. The van der Waals surface area contributed by atoms with Gasteiger partial charge in [0.15, 0.2) is 0 Å². The van der Waals surface area contributed by atoms with Crippen molar-refractivity contribution < 1.29 is 19.4 Å². The second-order valence-electron chi connectivity index (χ2n) is 3.72. The molecule has 1 saturated heterocycles. The van der Waals surface area contributed by atoms with Crippen LogP contribution in [-0.4, -0.2) is 48.3 Å². The minimum Gasteiger partial charge on any atom is -0.381 e. The van der Waals surface area contributed by atoms with E-state index in [0.717, 1.165) is 6.42 Å². The molecular formula is C9H17N3O4. The van der Waals surface area contributed by atoms with Crippen LogP contribution in [0.4, 0.5) is 0 Å². The highest BCUT2D eigenvalue weighted by Crippen LogP contribution is 2.18. The lowest BCUT2D eigenvalue weighted by Crippen LogP contribution is -2.43. The van der Waals surface area contributed by atoms with Crippen LogP contribution in [0.1, 0.15) is 12.8 Å². The highest BCUT2D eigenvalue weighted by Gasteiger charge is 2.30. The molecule has 0 bridgehead atoms. The fourth-order valence-corrected chi connectivity index (χ4v) is 1.48. The quantitative estimate of drug-likeness (QED) is 0.414. The third-order valence-electron chi connectivity index (χ3n) is 2.46. The Morgan fingerprint density at radius 2 is 2.19 bits per heavy atom. The van der Waals surface area contributed by atoms with Gasteiger partial charge in [0.2, 0.25) is 11.8 Å². The third kappa shape index (κ3) is 3.44. The maximum atomic E-state index is 11.5. The summed E-state index contributed by atoms with van der Waals surface area (Å²) in [6, 6.07) is 0. The van der Waals surface area contributed by atoms with Crippen molar-refractivity contribution in [2.75, 3.05) is 13.1 Å². The van der Waals surface area contributed by atoms with Crippen molar-refractivity contribution in [3.63, 3.8) is 0 Å². The number of hydrogen-bond donors (Lipinski definition) is 4. The molecule has 1 rings (SSSR count). The summed E-state index contributed by atoms with van der Waals surface area (Å²) in [4.78, 5) is 22.0. The molecule has 0 spiro atoms. The molecule has 0 aliphatic carbocycles. The maximum Gasteiger partial charge on any atom is 0.249 e. The van der Waals surface area contributed by atoms with Gasteiger partial charge in [-0.1, -0.05) is 0 Å². The summed E-state index contributed by atoms with van der Waals surface area (Å²) in [5.41, 5.74) is 10.2. The van der Waals surface area contributed by atoms with Crippen LogP contribution < -0.4 is 16.8 Å². The van der Waals surface area contributed by atoms with E-state index in [2.05, 4.69) is 5.32 Å². The SMILES string of the molecule is NCC1CCC(C(=O)NCC(O)C(N)=O)O1. The third-order valence-corrected chi connectivity index (χ3v) is 2.46. The predicted molar refractivity (Wildman–Crippen MR) is 55.2 cm³/mol. The molecule has 2 amide bonds. The molecule has 7 heteroatoms. The van der Waals surface area contributed by atoms with E-state index in [1.54, 1.807) is 0 Å². The van der Waals surface area contributed by atoms with Crippen molar-refractivity contribution in [2.24, 2.45) is 11.5 Å². The molecule has 1 heterocycles. The van der Waals surface area contributed by atoms with Gasteiger partial charge in [0.05, 0.1) is 12.6 Å². The van der Waals surface area contributed by atoms with Crippen LogP contribution in [0.2, 0.25) is 0 Å². The molecule has 1 aliphatic rings. The average Bonchev–Trinajstić information content (AvgIpc) is 2.73. The van der Waals surface area contributed by atoms with Crippen molar-refractivity contribution in [3.8, 4) is 0 Å². The first-order chi connectivity index (χ1) is 7.54. The number of aliphatic hydroxyl groups excluding tert-OH is 1. The summed E-state index contributed by atoms with van der Waals surface area (Å²) in [6.07, 6.45) is -0.658. The Balaban J connectivity index is 2.28. The number of ether oxygens (including phenoxy) is 1. The normalized spacial score (nSPS) is 26.4. The zero-order chi connectivity index (χ0) is 12.1. The standard InChI is InChI=1S/C9H17N3O4/c10-3-5-1-2-7(16-5)9(15)12-4-6(13)8(11)14/h5-7,13H,1-4,10H2,(H2,11,14)(H,12,15). The van der Waals surface area contributed by atoms with Crippen LogP contribution in [0.25, 0.3) is 0 Å². The van der Waals surface area contributed by atoms with E-state index in [-0.39, 0.29) is 18.6 Å². The van der Waals surface area contributed by atoms with E-state index in [4.69, 9.17) is 21.3 Å². The number of amides is 2. The zero-order valence-corrected chi connectivity index (χ0v) is 8.89. The lowest BCUT2D eigenvalue weighted by molar-refractivity contribution is -0.133. The number of nitrogens with two attached hydrogens (primary N) is 2. The minimum atomic E-state index is -1.37. The van der Waals surface area contributed by atoms with Crippen LogP contribution in [0.5, 0.6) is 0 Å². The first-order valence-electron chi connectivity index (χ1n) is 5.15. The van der Waals surface area contributed by atoms with Gasteiger partial charge < -0.3 is 26.6 Å². The molecule has 1 fully saturated rings. The molecule has 3 atom stereocenters. The number of rotatable bonds is 5. The largest absolute Gasteiger partial charge is 0.381 e. The Hall–Kier alpha value is -1.18. The van der Waals surface area contributed by atoms with Gasteiger partial charge in [-0.2, -0.15) is 0 Å². The Bertz CT molecular complexity index is 271. The molecule has 0 radical (unpaired) electrons. The van der Waals surface area contributed by atoms with Crippen LogP contribution >= 0.6 is 0 Å².